The molecule has 0 N–H and O–H groups in total. The first-order valence-corrected chi connectivity index (χ1v) is 4.83. The van der Waals surface area contributed by atoms with Crippen molar-refractivity contribution in [1.29, 1.82) is 0 Å². The van der Waals surface area contributed by atoms with E-state index >= 15 is 0 Å². The highest BCUT2D eigenvalue weighted by Crippen LogP contribution is 2.19. The molecule has 7 heteroatoms. The van der Waals surface area contributed by atoms with Gasteiger partial charge in [-0.1, -0.05) is 0 Å². The van der Waals surface area contributed by atoms with Gasteiger partial charge in [0.25, 0.3) is 5.69 Å². The molecule has 0 spiro atoms. The van der Waals surface area contributed by atoms with Crippen LogP contribution < -0.4 is 5.43 Å². The average Bonchev–Trinajstić information content (AvgIpc) is 2.37. The van der Waals surface area contributed by atoms with Crippen LogP contribution in [-0.2, 0) is 4.74 Å². The summed E-state index contributed by atoms with van der Waals surface area (Å²) in [7, 11) is 1.16. The Hall–Kier alpha value is -2.70. The van der Waals surface area contributed by atoms with Crippen LogP contribution in [0.3, 0.4) is 0 Å². The monoisotopic (exact) mass is 249 g/mol. The SMILES string of the molecule is COC(=O)c1cc(=O)c2cc([N+](=O)[O-])ccc2o1. The number of carbonyl (C=O) groups is 1. The van der Waals surface area contributed by atoms with Gasteiger partial charge in [0, 0.05) is 18.2 Å². The summed E-state index contributed by atoms with van der Waals surface area (Å²) in [4.78, 5) is 32.9. The Morgan fingerprint density at radius 1 is 1.39 bits per heavy atom. The van der Waals surface area contributed by atoms with Crippen molar-refractivity contribution in [2.24, 2.45) is 0 Å². The first-order valence-electron chi connectivity index (χ1n) is 4.83. The third-order valence-corrected chi connectivity index (χ3v) is 2.31. The number of nitrogens with zero attached hydrogens (tertiary/aromatic N) is 1. The zero-order valence-electron chi connectivity index (χ0n) is 9.21. The van der Waals surface area contributed by atoms with Gasteiger partial charge in [-0.15, -0.1) is 0 Å². The molecule has 7 nitrogen and oxygen atoms in total. The van der Waals surface area contributed by atoms with Gasteiger partial charge in [-0.3, -0.25) is 14.9 Å². The number of rotatable bonds is 2. The van der Waals surface area contributed by atoms with E-state index in [0.717, 1.165) is 19.2 Å². The van der Waals surface area contributed by atoms with Crippen molar-refractivity contribution in [3.8, 4) is 0 Å². The average molecular weight is 249 g/mol. The predicted octanol–water partition coefficient (Wildman–Crippen LogP) is 1.49. The van der Waals surface area contributed by atoms with Crippen LogP contribution in [-0.4, -0.2) is 18.0 Å². The van der Waals surface area contributed by atoms with Crippen molar-refractivity contribution in [3.63, 3.8) is 0 Å². The zero-order valence-corrected chi connectivity index (χ0v) is 9.21. The number of hydrogen-bond acceptors (Lipinski definition) is 6. The van der Waals surface area contributed by atoms with Gasteiger partial charge < -0.3 is 9.15 Å². The van der Waals surface area contributed by atoms with Crippen LogP contribution in [0.25, 0.3) is 11.0 Å². The molecule has 0 aliphatic heterocycles. The van der Waals surface area contributed by atoms with E-state index in [4.69, 9.17) is 4.42 Å². The van der Waals surface area contributed by atoms with E-state index in [9.17, 15) is 19.7 Å². The molecule has 0 unspecified atom stereocenters. The lowest BCUT2D eigenvalue weighted by Gasteiger charge is -2.00. The zero-order chi connectivity index (χ0) is 13.3. The minimum Gasteiger partial charge on any atom is -0.463 e. The van der Waals surface area contributed by atoms with Gasteiger partial charge in [0.2, 0.25) is 5.76 Å². The van der Waals surface area contributed by atoms with Crippen LogP contribution in [0.15, 0.2) is 33.5 Å². The fraction of sp³-hybridized carbons (Fsp3) is 0.0909. The Kier molecular flexibility index (Phi) is 2.80. The molecule has 0 aliphatic carbocycles. The summed E-state index contributed by atoms with van der Waals surface area (Å²) in [6.07, 6.45) is 0. The van der Waals surface area contributed by atoms with Crippen LogP contribution in [0.4, 0.5) is 5.69 Å². The second-order valence-corrected chi connectivity index (χ2v) is 3.40. The normalized spacial score (nSPS) is 10.3. The summed E-state index contributed by atoms with van der Waals surface area (Å²) >= 11 is 0. The molecule has 1 aromatic carbocycles. The van der Waals surface area contributed by atoms with Gasteiger partial charge in [-0.05, 0) is 6.07 Å². The summed E-state index contributed by atoms with van der Waals surface area (Å²) in [6.45, 7) is 0. The lowest BCUT2D eigenvalue weighted by molar-refractivity contribution is -0.384. The molecule has 2 rings (SSSR count). The van der Waals surface area contributed by atoms with E-state index in [2.05, 4.69) is 4.74 Å². The van der Waals surface area contributed by atoms with Crippen molar-refractivity contribution in [3.05, 3.63) is 50.4 Å². The molecular formula is C11H7NO6. The molecule has 0 saturated heterocycles. The molecular weight excluding hydrogens is 242 g/mol. The summed E-state index contributed by atoms with van der Waals surface area (Å²) < 4.78 is 9.56. The summed E-state index contributed by atoms with van der Waals surface area (Å²) in [5.41, 5.74) is -0.672. The van der Waals surface area contributed by atoms with Gasteiger partial charge in [-0.2, -0.15) is 0 Å². The Morgan fingerprint density at radius 2 is 2.11 bits per heavy atom. The highest BCUT2D eigenvalue weighted by molar-refractivity contribution is 5.89. The number of benzene rings is 1. The van der Waals surface area contributed by atoms with E-state index in [0.29, 0.717) is 0 Å². The number of nitro groups is 1. The van der Waals surface area contributed by atoms with Gasteiger partial charge >= 0.3 is 5.97 Å². The number of esters is 1. The van der Waals surface area contributed by atoms with E-state index in [-0.39, 0.29) is 22.4 Å². The third-order valence-electron chi connectivity index (χ3n) is 2.31. The highest BCUT2D eigenvalue weighted by atomic mass is 16.6. The smallest absolute Gasteiger partial charge is 0.374 e. The van der Waals surface area contributed by atoms with Gasteiger partial charge in [0.1, 0.15) is 5.58 Å². The van der Waals surface area contributed by atoms with Crippen LogP contribution in [0, 0.1) is 10.1 Å². The van der Waals surface area contributed by atoms with Crippen molar-refractivity contribution in [2.75, 3.05) is 7.11 Å². The lowest BCUT2D eigenvalue weighted by Crippen LogP contribution is -2.08. The fourth-order valence-electron chi connectivity index (χ4n) is 1.46. The van der Waals surface area contributed by atoms with E-state index < -0.39 is 16.3 Å². The fourth-order valence-corrected chi connectivity index (χ4v) is 1.46. The van der Waals surface area contributed by atoms with Crippen molar-refractivity contribution in [2.45, 2.75) is 0 Å². The molecule has 0 fully saturated rings. The Morgan fingerprint density at radius 3 is 2.72 bits per heavy atom. The minimum absolute atomic E-state index is 0.0388. The standard InChI is InChI=1S/C11H7NO6/c1-17-11(14)10-5-8(13)7-4-6(12(15)16)2-3-9(7)18-10/h2-5H,1H3. The summed E-state index contributed by atoms with van der Waals surface area (Å²) in [5.74, 6) is -1.03. The quantitative estimate of drug-likeness (QED) is 0.454. The van der Waals surface area contributed by atoms with E-state index in [1.165, 1.54) is 12.1 Å². The second-order valence-electron chi connectivity index (χ2n) is 3.40. The van der Waals surface area contributed by atoms with Crippen molar-refractivity contribution < 1.29 is 18.9 Å². The molecule has 1 aromatic heterocycles. The summed E-state index contributed by atoms with van der Waals surface area (Å²) in [6, 6.07) is 4.49. The maximum absolute atomic E-state index is 11.7. The summed E-state index contributed by atoms with van der Waals surface area (Å²) in [5, 5.41) is 10.6. The number of non-ortho nitro benzene ring substituents is 1. The number of carbonyl (C=O) groups excluding carboxylic acids is 1. The van der Waals surface area contributed by atoms with E-state index in [1.54, 1.807) is 0 Å². The van der Waals surface area contributed by atoms with Gasteiger partial charge in [0.05, 0.1) is 17.4 Å². The molecule has 92 valence electrons. The highest BCUT2D eigenvalue weighted by Gasteiger charge is 2.14. The Labute approximate surface area is 99.7 Å². The molecule has 18 heavy (non-hydrogen) atoms. The molecule has 0 radical (unpaired) electrons. The van der Waals surface area contributed by atoms with Crippen molar-refractivity contribution in [1.82, 2.24) is 0 Å². The molecule has 0 amide bonds. The van der Waals surface area contributed by atoms with Crippen molar-refractivity contribution >= 4 is 22.6 Å². The third kappa shape index (κ3) is 1.93. The van der Waals surface area contributed by atoms with Gasteiger partial charge in [0.15, 0.2) is 5.43 Å². The molecule has 0 bridgehead atoms. The maximum atomic E-state index is 11.7. The number of ether oxygens (including phenoxy) is 1. The largest absolute Gasteiger partial charge is 0.463 e. The first kappa shape index (κ1) is 11.8. The minimum atomic E-state index is -0.785. The Balaban J connectivity index is 2.70. The molecule has 0 saturated carbocycles. The van der Waals surface area contributed by atoms with Gasteiger partial charge in [-0.25, -0.2) is 4.79 Å². The van der Waals surface area contributed by atoms with Crippen LogP contribution >= 0.6 is 0 Å². The molecule has 0 aliphatic rings. The number of nitro benzene ring substituents is 1. The topological polar surface area (TPSA) is 99.7 Å². The number of methoxy groups -OCH3 is 1. The Bertz CT molecular complexity index is 702. The predicted molar refractivity (Wildman–Crippen MR) is 60.5 cm³/mol. The molecule has 2 aromatic rings. The van der Waals surface area contributed by atoms with E-state index in [1.807, 2.05) is 0 Å². The maximum Gasteiger partial charge on any atom is 0.374 e. The number of fused-ring (bicyclic) bond motifs is 1. The molecule has 1 heterocycles. The van der Waals surface area contributed by atoms with Crippen LogP contribution in [0.2, 0.25) is 0 Å². The molecule has 0 atom stereocenters. The number of hydrogen-bond donors (Lipinski definition) is 0. The van der Waals surface area contributed by atoms with Crippen LogP contribution in [0.1, 0.15) is 10.6 Å². The lowest BCUT2D eigenvalue weighted by atomic mass is 10.2. The first-order chi connectivity index (χ1) is 8.52. The second kappa shape index (κ2) is 4.28. The van der Waals surface area contributed by atoms with Crippen LogP contribution in [0.5, 0.6) is 0 Å².